The van der Waals surface area contributed by atoms with Crippen molar-refractivity contribution in [2.24, 2.45) is 11.3 Å². The van der Waals surface area contributed by atoms with Crippen molar-refractivity contribution in [2.45, 2.75) is 13.0 Å². The molecule has 1 aromatic heterocycles. The van der Waals surface area contributed by atoms with E-state index in [0.717, 1.165) is 48.6 Å². The van der Waals surface area contributed by atoms with Crippen LogP contribution in [0, 0.1) is 11.3 Å². The smallest absolute Gasteiger partial charge is 0.211 e. The average Bonchev–Trinajstić information content (AvgIpc) is 3.32. The number of hydrogen-bond donors (Lipinski definition) is 2. The number of likely N-dealkylation sites (tertiary alicyclic amines) is 1. The highest BCUT2D eigenvalue weighted by molar-refractivity contribution is 7.88. The van der Waals surface area contributed by atoms with Crippen molar-refractivity contribution < 1.29 is 18.3 Å². The first-order valence-electron chi connectivity index (χ1n) is 9.80. The van der Waals surface area contributed by atoms with E-state index in [-0.39, 0.29) is 17.9 Å². The maximum atomic E-state index is 12.0. The number of aliphatic hydroxyl groups is 1. The van der Waals surface area contributed by atoms with Gasteiger partial charge in [-0.05, 0) is 31.0 Å². The monoisotopic (exact) mass is 420 g/mol. The number of rotatable bonds is 6. The predicted molar refractivity (Wildman–Crippen MR) is 110 cm³/mol. The summed E-state index contributed by atoms with van der Waals surface area (Å²) < 4.78 is 30.9. The zero-order chi connectivity index (χ0) is 20.6. The molecule has 3 heterocycles. The van der Waals surface area contributed by atoms with Gasteiger partial charge < -0.3 is 9.84 Å². The van der Waals surface area contributed by atoms with Gasteiger partial charge in [0.05, 0.1) is 31.9 Å². The van der Waals surface area contributed by atoms with E-state index in [2.05, 4.69) is 15.1 Å². The molecule has 9 heteroatoms. The SMILES string of the molecule is COc1cccc(-c2[nH]ncc2CN2CC[C@@]3(CO)CN(S(C)(=O)=O)C[C@H]3C2)c1. The zero-order valence-corrected chi connectivity index (χ0v) is 17.7. The molecule has 2 aliphatic heterocycles. The van der Waals surface area contributed by atoms with Crippen LogP contribution in [0.2, 0.25) is 0 Å². The fourth-order valence-corrected chi connectivity index (χ4v) is 5.60. The molecule has 0 radical (unpaired) electrons. The summed E-state index contributed by atoms with van der Waals surface area (Å²) in [6, 6.07) is 7.86. The molecule has 0 bridgehead atoms. The van der Waals surface area contributed by atoms with Crippen LogP contribution in [0.15, 0.2) is 30.5 Å². The lowest BCUT2D eigenvalue weighted by molar-refractivity contribution is 0.0171. The Hall–Kier alpha value is -1.94. The second-order valence-corrected chi connectivity index (χ2v) is 10.2. The van der Waals surface area contributed by atoms with Crippen LogP contribution < -0.4 is 4.74 Å². The lowest BCUT2D eigenvalue weighted by Gasteiger charge is -2.42. The lowest BCUT2D eigenvalue weighted by atomic mass is 9.73. The van der Waals surface area contributed by atoms with Gasteiger partial charge in [0.2, 0.25) is 10.0 Å². The molecule has 2 N–H and O–H groups in total. The van der Waals surface area contributed by atoms with E-state index in [1.807, 2.05) is 30.5 Å². The number of aromatic amines is 1. The molecule has 29 heavy (non-hydrogen) atoms. The van der Waals surface area contributed by atoms with Gasteiger partial charge in [-0.3, -0.25) is 10.00 Å². The number of piperidine rings is 1. The highest BCUT2D eigenvalue weighted by atomic mass is 32.2. The number of H-pyrrole nitrogens is 1. The Balaban J connectivity index is 1.51. The number of hydrogen-bond acceptors (Lipinski definition) is 6. The molecule has 2 atom stereocenters. The molecular formula is C20H28N4O4S. The Morgan fingerprint density at radius 2 is 2.21 bits per heavy atom. The molecule has 0 aliphatic carbocycles. The van der Waals surface area contributed by atoms with Crippen molar-refractivity contribution in [3.8, 4) is 17.0 Å². The molecule has 2 aromatic rings. The Labute approximate surface area is 171 Å². The quantitative estimate of drug-likeness (QED) is 0.728. The van der Waals surface area contributed by atoms with E-state index in [0.29, 0.717) is 13.1 Å². The Morgan fingerprint density at radius 1 is 1.38 bits per heavy atom. The summed E-state index contributed by atoms with van der Waals surface area (Å²) in [5.41, 5.74) is 2.74. The molecule has 158 valence electrons. The summed E-state index contributed by atoms with van der Waals surface area (Å²) in [4.78, 5) is 2.33. The van der Waals surface area contributed by atoms with Gasteiger partial charge in [-0.1, -0.05) is 12.1 Å². The second-order valence-electron chi connectivity index (χ2n) is 8.26. The number of methoxy groups -OCH3 is 1. The van der Waals surface area contributed by atoms with Crippen molar-refractivity contribution in [3.05, 3.63) is 36.0 Å². The van der Waals surface area contributed by atoms with Crippen LogP contribution in [-0.2, 0) is 16.6 Å². The fourth-order valence-electron chi connectivity index (χ4n) is 4.66. The van der Waals surface area contributed by atoms with E-state index in [1.165, 1.54) is 10.6 Å². The number of benzene rings is 1. The molecule has 0 unspecified atom stereocenters. The Bertz CT molecular complexity index is 976. The van der Waals surface area contributed by atoms with E-state index < -0.39 is 10.0 Å². The first-order valence-corrected chi connectivity index (χ1v) is 11.6. The van der Waals surface area contributed by atoms with Crippen LogP contribution in [0.25, 0.3) is 11.3 Å². The van der Waals surface area contributed by atoms with E-state index in [4.69, 9.17) is 4.74 Å². The van der Waals surface area contributed by atoms with Crippen molar-refractivity contribution in [1.29, 1.82) is 0 Å². The largest absolute Gasteiger partial charge is 0.497 e. The summed E-state index contributed by atoms with van der Waals surface area (Å²) in [6.45, 7) is 3.22. The van der Waals surface area contributed by atoms with Gasteiger partial charge in [-0.15, -0.1) is 0 Å². The normalized spacial score (nSPS) is 25.8. The molecule has 0 amide bonds. The van der Waals surface area contributed by atoms with E-state index in [1.54, 1.807) is 7.11 Å². The summed E-state index contributed by atoms with van der Waals surface area (Å²) in [5, 5.41) is 17.4. The van der Waals surface area contributed by atoms with Gasteiger partial charge in [0, 0.05) is 42.7 Å². The first kappa shape index (κ1) is 20.3. The molecule has 2 fully saturated rings. The minimum absolute atomic E-state index is 0.0261. The average molecular weight is 421 g/mol. The third-order valence-corrected chi connectivity index (χ3v) is 7.66. The molecule has 4 rings (SSSR count). The first-order chi connectivity index (χ1) is 13.8. The van der Waals surface area contributed by atoms with Gasteiger partial charge in [0.1, 0.15) is 5.75 Å². The molecule has 8 nitrogen and oxygen atoms in total. The maximum absolute atomic E-state index is 12.0. The van der Waals surface area contributed by atoms with Crippen LogP contribution in [0.3, 0.4) is 0 Å². The van der Waals surface area contributed by atoms with Gasteiger partial charge in [0.25, 0.3) is 0 Å². The van der Waals surface area contributed by atoms with Crippen molar-refractivity contribution in [3.63, 3.8) is 0 Å². The van der Waals surface area contributed by atoms with Crippen LogP contribution in [0.5, 0.6) is 5.75 Å². The molecular weight excluding hydrogens is 392 g/mol. The number of ether oxygens (including phenoxy) is 1. The highest BCUT2D eigenvalue weighted by Crippen LogP contribution is 2.43. The summed E-state index contributed by atoms with van der Waals surface area (Å²) >= 11 is 0. The number of fused-ring (bicyclic) bond motifs is 1. The number of aromatic nitrogens is 2. The fraction of sp³-hybridized carbons (Fsp3) is 0.550. The van der Waals surface area contributed by atoms with Crippen molar-refractivity contribution >= 4 is 10.0 Å². The molecule has 2 saturated heterocycles. The molecule has 0 spiro atoms. The molecule has 0 saturated carbocycles. The maximum Gasteiger partial charge on any atom is 0.211 e. The van der Waals surface area contributed by atoms with Crippen molar-refractivity contribution in [2.75, 3.05) is 46.2 Å². The molecule has 1 aromatic carbocycles. The topological polar surface area (TPSA) is 98.8 Å². The molecule has 2 aliphatic rings. The minimum atomic E-state index is -3.25. The number of sulfonamides is 1. The zero-order valence-electron chi connectivity index (χ0n) is 16.8. The minimum Gasteiger partial charge on any atom is -0.497 e. The van der Waals surface area contributed by atoms with Crippen LogP contribution in [0.1, 0.15) is 12.0 Å². The van der Waals surface area contributed by atoms with E-state index >= 15 is 0 Å². The van der Waals surface area contributed by atoms with Crippen LogP contribution in [-0.4, -0.2) is 79.1 Å². The standard InChI is InChI=1S/C20H28N4O4S/c1-28-18-5-3-4-15(8-18)19-16(9-21-22-19)10-23-7-6-20(14-25)13-24(29(2,26)27)12-17(20)11-23/h3-5,8-9,17,25H,6-7,10-14H2,1-2H3,(H,21,22)/t17-,20+/m1/s1. The van der Waals surface area contributed by atoms with Gasteiger partial charge in [-0.2, -0.15) is 5.10 Å². The Kier molecular flexibility index (Phi) is 5.41. The third kappa shape index (κ3) is 3.92. The Morgan fingerprint density at radius 3 is 2.93 bits per heavy atom. The summed E-state index contributed by atoms with van der Waals surface area (Å²) in [6.07, 6.45) is 3.88. The number of nitrogens with one attached hydrogen (secondary N) is 1. The van der Waals surface area contributed by atoms with Gasteiger partial charge in [0.15, 0.2) is 0 Å². The highest BCUT2D eigenvalue weighted by Gasteiger charge is 2.51. The number of nitrogens with zero attached hydrogens (tertiary/aromatic N) is 3. The number of aliphatic hydroxyl groups excluding tert-OH is 1. The van der Waals surface area contributed by atoms with Gasteiger partial charge >= 0.3 is 0 Å². The van der Waals surface area contributed by atoms with Crippen molar-refractivity contribution in [1.82, 2.24) is 19.4 Å². The lowest BCUT2D eigenvalue weighted by Crippen LogP contribution is -2.48. The summed E-state index contributed by atoms with van der Waals surface area (Å²) in [7, 11) is -1.60. The van der Waals surface area contributed by atoms with E-state index in [9.17, 15) is 13.5 Å². The predicted octanol–water partition coefficient (Wildman–Crippen LogP) is 1.16. The van der Waals surface area contributed by atoms with Crippen LogP contribution in [0.4, 0.5) is 0 Å². The third-order valence-electron chi connectivity index (χ3n) is 6.44. The van der Waals surface area contributed by atoms with Gasteiger partial charge in [-0.25, -0.2) is 12.7 Å². The summed E-state index contributed by atoms with van der Waals surface area (Å²) in [5.74, 6) is 0.920. The van der Waals surface area contributed by atoms with Crippen LogP contribution >= 0.6 is 0 Å². The second kappa shape index (κ2) is 7.71.